The average Bonchev–Trinajstić information content (AvgIpc) is 2.82. The quantitative estimate of drug-likeness (QED) is 0.353. The summed E-state index contributed by atoms with van der Waals surface area (Å²) in [6.45, 7) is 0. The Morgan fingerprint density at radius 1 is 0.476 bits per heavy atom. The van der Waals surface area contributed by atoms with E-state index in [2.05, 4.69) is 0 Å². The van der Waals surface area contributed by atoms with Gasteiger partial charge in [-0.2, -0.15) is 52.7 Å². The molecule has 20 heteroatoms. The summed E-state index contributed by atoms with van der Waals surface area (Å²) in [7, 11) is -10.4. The summed E-state index contributed by atoms with van der Waals surface area (Å²) in [5.41, 5.74) is -7.82. The van der Waals surface area contributed by atoms with Crippen molar-refractivity contribution in [2.45, 2.75) is 72.3 Å². The summed E-state index contributed by atoms with van der Waals surface area (Å²) in [5.74, 6) is 0. The molecule has 42 heavy (non-hydrogen) atoms. The van der Waals surface area contributed by atoms with Crippen LogP contribution in [0.15, 0.2) is 46.2 Å². The summed E-state index contributed by atoms with van der Waals surface area (Å²) in [5, 5.41) is 0. The molecule has 0 saturated heterocycles. The van der Waals surface area contributed by atoms with Crippen molar-refractivity contribution in [3.8, 4) is 0 Å². The van der Waals surface area contributed by atoms with Crippen molar-refractivity contribution in [1.29, 1.82) is 0 Å². The summed E-state index contributed by atoms with van der Waals surface area (Å²) in [4.78, 5) is -2.94. The molecule has 2 atom stereocenters. The van der Waals surface area contributed by atoms with Crippen molar-refractivity contribution in [3.05, 3.63) is 58.7 Å². The van der Waals surface area contributed by atoms with E-state index in [0.717, 1.165) is 0 Å². The molecule has 3 rings (SSSR count). The lowest BCUT2D eigenvalue weighted by Crippen LogP contribution is -2.53. The fraction of sp³-hybridized carbons (Fsp3) is 0.455. The molecule has 6 nitrogen and oxygen atoms in total. The van der Waals surface area contributed by atoms with Crippen LogP contribution in [0.1, 0.15) is 47.9 Å². The minimum atomic E-state index is -5.39. The highest BCUT2D eigenvalue weighted by Gasteiger charge is 2.41. The lowest BCUT2D eigenvalue weighted by atomic mass is 9.92. The number of benzene rings is 2. The molecule has 1 aliphatic carbocycles. The second-order valence-electron chi connectivity index (χ2n) is 9.22. The van der Waals surface area contributed by atoms with E-state index in [0.29, 0.717) is 0 Å². The van der Waals surface area contributed by atoms with Gasteiger partial charge >= 0.3 is 24.7 Å². The first-order valence-corrected chi connectivity index (χ1v) is 14.4. The lowest BCUT2D eigenvalue weighted by molar-refractivity contribution is -0.145. The lowest BCUT2D eigenvalue weighted by Gasteiger charge is -2.32. The molecule has 0 aromatic heterocycles. The van der Waals surface area contributed by atoms with Crippen molar-refractivity contribution in [2.24, 2.45) is 0 Å². The molecule has 2 aromatic carbocycles. The molecule has 1 aliphatic rings. The third-order valence-corrected chi connectivity index (χ3v) is 9.06. The van der Waals surface area contributed by atoms with Crippen LogP contribution in [0.2, 0.25) is 0 Å². The van der Waals surface area contributed by atoms with Gasteiger partial charge in [-0.15, -0.1) is 0 Å². The van der Waals surface area contributed by atoms with Gasteiger partial charge in [0, 0.05) is 12.1 Å². The first-order valence-electron chi connectivity index (χ1n) is 11.4. The first-order chi connectivity index (χ1) is 18.8. The minimum Gasteiger partial charge on any atom is -0.207 e. The molecule has 1 saturated carbocycles. The second-order valence-corrected chi connectivity index (χ2v) is 12.7. The predicted octanol–water partition coefficient (Wildman–Crippen LogP) is 6.33. The highest BCUT2D eigenvalue weighted by Crippen LogP contribution is 2.39. The van der Waals surface area contributed by atoms with Crippen molar-refractivity contribution in [2.75, 3.05) is 0 Å². The third-order valence-electron chi connectivity index (χ3n) is 6.12. The van der Waals surface area contributed by atoms with Crippen LogP contribution >= 0.6 is 0 Å². The van der Waals surface area contributed by atoms with E-state index in [9.17, 15) is 69.5 Å². The Kier molecular flexibility index (Phi) is 9.01. The maximum Gasteiger partial charge on any atom is 0.416 e. The molecule has 236 valence electrons. The monoisotopic (exact) mass is 666 g/mol. The second kappa shape index (κ2) is 11.2. The SMILES string of the molecule is O=S(=O)(N[C@H]1CCCC[C@@H]1NS(=O)(=O)c1cc(C(F)(F)F)cc(C(F)(F)F)c1)c1cc(C(F)(F)F)cc(C(F)(F)F)c1. The molecule has 0 unspecified atom stereocenters. The van der Waals surface area contributed by atoms with E-state index in [1.54, 1.807) is 0 Å². The Labute approximate surface area is 230 Å². The van der Waals surface area contributed by atoms with Crippen LogP contribution in [0.4, 0.5) is 52.7 Å². The first kappa shape index (κ1) is 33.9. The maximum absolute atomic E-state index is 13.2. The number of rotatable bonds is 6. The Balaban J connectivity index is 1.99. The summed E-state index contributed by atoms with van der Waals surface area (Å²) >= 11 is 0. The Bertz CT molecular complexity index is 1350. The molecule has 2 N–H and O–H groups in total. The summed E-state index contributed by atoms with van der Waals surface area (Å²) < 4.78 is 213. The number of halogens is 12. The van der Waals surface area contributed by atoms with Gasteiger partial charge in [0.15, 0.2) is 0 Å². The predicted molar refractivity (Wildman–Crippen MR) is 120 cm³/mol. The van der Waals surface area contributed by atoms with E-state index in [-0.39, 0.29) is 62.1 Å². The Hall–Kier alpha value is -2.58. The van der Waals surface area contributed by atoms with Crippen LogP contribution in [0.5, 0.6) is 0 Å². The molecule has 0 radical (unpaired) electrons. The van der Waals surface area contributed by atoms with Crippen LogP contribution in [-0.4, -0.2) is 28.9 Å². The number of hydrogen-bond donors (Lipinski definition) is 2. The van der Waals surface area contributed by atoms with Crippen molar-refractivity contribution >= 4 is 20.0 Å². The third kappa shape index (κ3) is 8.07. The molecule has 0 bridgehead atoms. The van der Waals surface area contributed by atoms with Gasteiger partial charge in [-0.05, 0) is 49.2 Å². The van der Waals surface area contributed by atoms with Gasteiger partial charge in [-0.25, -0.2) is 26.3 Å². The van der Waals surface area contributed by atoms with Crippen molar-refractivity contribution in [3.63, 3.8) is 0 Å². The summed E-state index contributed by atoms with van der Waals surface area (Å²) in [6.07, 6.45) is -21.7. The molecule has 0 spiro atoms. The minimum absolute atomic E-state index is 0.0825. The topological polar surface area (TPSA) is 92.3 Å². The molecule has 0 aliphatic heterocycles. The van der Waals surface area contributed by atoms with Gasteiger partial charge in [-0.1, -0.05) is 12.8 Å². The molecule has 0 amide bonds. The number of hydrogen-bond acceptors (Lipinski definition) is 4. The fourth-order valence-electron chi connectivity index (χ4n) is 4.11. The smallest absolute Gasteiger partial charge is 0.207 e. The zero-order valence-corrected chi connectivity index (χ0v) is 22.1. The number of alkyl halides is 12. The van der Waals surface area contributed by atoms with E-state index in [1.165, 1.54) is 0 Å². The highest BCUT2D eigenvalue weighted by atomic mass is 32.2. The number of nitrogens with one attached hydrogen (secondary N) is 2. The van der Waals surface area contributed by atoms with Gasteiger partial charge < -0.3 is 0 Å². The zero-order valence-electron chi connectivity index (χ0n) is 20.4. The standard InChI is InChI=1S/C22H18F12N2O4S2/c23-19(24,25)11-5-12(20(26,27)28)8-15(7-11)41(37,38)35-17-3-1-2-4-18(17)36-42(39,40)16-9-13(21(29,30)31)6-14(10-16)22(32,33)34/h5-10,17-18,35-36H,1-4H2/t17-,18-/m0/s1. The van der Waals surface area contributed by atoms with Crippen LogP contribution in [-0.2, 0) is 44.8 Å². The largest absolute Gasteiger partial charge is 0.416 e. The molecular weight excluding hydrogens is 648 g/mol. The van der Waals surface area contributed by atoms with Gasteiger partial charge in [-0.3, -0.25) is 0 Å². The summed E-state index contributed by atoms with van der Waals surface area (Å²) in [6, 6.07) is -4.09. The average molecular weight is 667 g/mol. The molecule has 0 heterocycles. The fourth-order valence-corrected chi connectivity index (χ4v) is 6.87. The van der Waals surface area contributed by atoms with Gasteiger partial charge in [0.1, 0.15) is 0 Å². The zero-order chi connectivity index (χ0) is 32.1. The van der Waals surface area contributed by atoms with Crippen molar-refractivity contribution in [1.82, 2.24) is 9.44 Å². The van der Waals surface area contributed by atoms with Crippen LogP contribution in [0.25, 0.3) is 0 Å². The van der Waals surface area contributed by atoms with Gasteiger partial charge in [0.2, 0.25) is 20.0 Å². The van der Waals surface area contributed by atoms with Gasteiger partial charge in [0.25, 0.3) is 0 Å². The van der Waals surface area contributed by atoms with E-state index in [4.69, 9.17) is 0 Å². The van der Waals surface area contributed by atoms with Crippen LogP contribution in [0.3, 0.4) is 0 Å². The van der Waals surface area contributed by atoms with E-state index >= 15 is 0 Å². The molecule has 1 fully saturated rings. The molecular formula is C22H18F12N2O4S2. The van der Waals surface area contributed by atoms with E-state index in [1.807, 2.05) is 9.44 Å². The van der Waals surface area contributed by atoms with Crippen LogP contribution in [0, 0.1) is 0 Å². The van der Waals surface area contributed by atoms with E-state index < -0.39 is 88.9 Å². The number of sulfonamides is 2. The Morgan fingerprint density at radius 2 is 0.714 bits per heavy atom. The Morgan fingerprint density at radius 3 is 0.929 bits per heavy atom. The van der Waals surface area contributed by atoms with Crippen molar-refractivity contribution < 1.29 is 69.5 Å². The van der Waals surface area contributed by atoms with Gasteiger partial charge in [0.05, 0.1) is 32.0 Å². The van der Waals surface area contributed by atoms with Crippen LogP contribution < -0.4 is 9.44 Å². The maximum atomic E-state index is 13.2. The highest BCUT2D eigenvalue weighted by molar-refractivity contribution is 7.90. The normalized spacial score (nSPS) is 19.6. The molecule has 2 aromatic rings.